The van der Waals surface area contributed by atoms with Crippen LogP contribution in [0.5, 0.6) is 0 Å². The van der Waals surface area contributed by atoms with Gasteiger partial charge in [0.05, 0.1) is 0 Å². The molecule has 0 aliphatic rings. The third-order valence-electron chi connectivity index (χ3n) is 4.39. The average molecular weight is 333 g/mol. The molecule has 0 fully saturated rings. The van der Waals surface area contributed by atoms with Gasteiger partial charge in [-0.3, -0.25) is 9.20 Å². The monoisotopic (exact) mass is 333 g/mol. The second-order valence-electron chi connectivity index (χ2n) is 6.10. The van der Waals surface area contributed by atoms with Crippen molar-refractivity contribution in [2.75, 3.05) is 6.54 Å². The fourth-order valence-electron chi connectivity index (χ4n) is 3.03. The molecule has 0 aliphatic heterocycles. The number of hydrogen-bond acceptors (Lipinski definition) is 3. The van der Waals surface area contributed by atoms with E-state index < -0.39 is 0 Å². The number of amides is 1. The van der Waals surface area contributed by atoms with Gasteiger partial charge >= 0.3 is 0 Å². The van der Waals surface area contributed by atoms with Gasteiger partial charge in [0, 0.05) is 48.9 Å². The first-order valence-corrected chi connectivity index (χ1v) is 8.34. The first kappa shape index (κ1) is 15.4. The number of carbonyl (C=O) groups is 1. The number of pyridine rings is 1. The summed E-state index contributed by atoms with van der Waals surface area (Å²) in [5, 5.41) is 12.4. The van der Waals surface area contributed by atoms with Gasteiger partial charge in [-0.15, -0.1) is 10.2 Å². The molecule has 0 radical (unpaired) electrons. The zero-order valence-corrected chi connectivity index (χ0v) is 14.0. The van der Waals surface area contributed by atoms with Crippen molar-refractivity contribution in [1.82, 2.24) is 24.5 Å². The van der Waals surface area contributed by atoms with E-state index >= 15 is 0 Å². The summed E-state index contributed by atoms with van der Waals surface area (Å²) in [6, 6.07) is 13.6. The number of hydrogen-bond donors (Lipinski definition) is 1. The zero-order chi connectivity index (χ0) is 17.2. The SMILES string of the molecule is Cn1ccc2cc(C(=O)NCCCc3nnc4ccccn34)ccc21. The van der Waals surface area contributed by atoms with Crippen LogP contribution in [0.2, 0.25) is 0 Å². The predicted octanol–water partition coefficient (Wildman–Crippen LogP) is 2.58. The molecule has 0 bridgehead atoms. The molecular weight excluding hydrogens is 314 g/mol. The van der Waals surface area contributed by atoms with Gasteiger partial charge in [-0.2, -0.15) is 0 Å². The lowest BCUT2D eigenvalue weighted by molar-refractivity contribution is 0.0953. The lowest BCUT2D eigenvalue weighted by atomic mass is 10.1. The molecule has 0 spiro atoms. The smallest absolute Gasteiger partial charge is 0.251 e. The molecule has 6 nitrogen and oxygen atoms in total. The van der Waals surface area contributed by atoms with Gasteiger partial charge in [0.2, 0.25) is 0 Å². The Hall–Kier alpha value is -3.15. The maximum atomic E-state index is 12.3. The Morgan fingerprint density at radius 2 is 2.04 bits per heavy atom. The molecule has 0 saturated heterocycles. The van der Waals surface area contributed by atoms with Crippen LogP contribution in [0.15, 0.2) is 54.9 Å². The Balaban J connectivity index is 1.35. The van der Waals surface area contributed by atoms with Gasteiger partial charge in [-0.1, -0.05) is 6.07 Å². The molecule has 3 heterocycles. The van der Waals surface area contributed by atoms with Crippen molar-refractivity contribution in [2.45, 2.75) is 12.8 Å². The number of nitrogens with one attached hydrogen (secondary N) is 1. The molecule has 4 rings (SSSR count). The van der Waals surface area contributed by atoms with Crippen molar-refractivity contribution in [3.63, 3.8) is 0 Å². The molecule has 1 N–H and O–H groups in total. The van der Waals surface area contributed by atoms with Gasteiger partial charge < -0.3 is 9.88 Å². The average Bonchev–Trinajstić information content (AvgIpc) is 3.22. The predicted molar refractivity (Wildman–Crippen MR) is 96.6 cm³/mol. The van der Waals surface area contributed by atoms with Crippen LogP contribution in [0, 0.1) is 0 Å². The van der Waals surface area contributed by atoms with Crippen molar-refractivity contribution < 1.29 is 4.79 Å². The van der Waals surface area contributed by atoms with Crippen molar-refractivity contribution in [1.29, 1.82) is 0 Å². The minimum absolute atomic E-state index is 0.0446. The fourth-order valence-corrected chi connectivity index (χ4v) is 3.03. The van der Waals surface area contributed by atoms with Crippen LogP contribution in [0.4, 0.5) is 0 Å². The summed E-state index contributed by atoms with van der Waals surface area (Å²) in [7, 11) is 2.00. The second-order valence-corrected chi connectivity index (χ2v) is 6.10. The Morgan fingerprint density at radius 3 is 2.96 bits per heavy atom. The van der Waals surface area contributed by atoms with Crippen LogP contribution in [-0.2, 0) is 13.5 Å². The third kappa shape index (κ3) is 2.98. The summed E-state index contributed by atoms with van der Waals surface area (Å²) in [4.78, 5) is 12.3. The quantitative estimate of drug-likeness (QED) is 0.571. The number of fused-ring (bicyclic) bond motifs is 2. The van der Waals surface area contributed by atoms with Crippen LogP contribution in [-0.4, -0.2) is 31.6 Å². The highest BCUT2D eigenvalue weighted by Crippen LogP contribution is 2.16. The Kier molecular flexibility index (Phi) is 3.93. The maximum absolute atomic E-state index is 12.3. The van der Waals surface area contributed by atoms with Gasteiger partial charge in [-0.05, 0) is 42.8 Å². The lowest BCUT2D eigenvalue weighted by Crippen LogP contribution is -2.24. The number of aromatic nitrogens is 4. The van der Waals surface area contributed by atoms with Gasteiger partial charge in [-0.25, -0.2) is 0 Å². The summed E-state index contributed by atoms with van der Waals surface area (Å²) < 4.78 is 4.02. The lowest BCUT2D eigenvalue weighted by Gasteiger charge is -2.06. The molecule has 3 aromatic heterocycles. The first-order valence-electron chi connectivity index (χ1n) is 8.34. The summed E-state index contributed by atoms with van der Waals surface area (Å²) in [5.41, 5.74) is 2.65. The molecular formula is C19H19N5O. The van der Waals surface area contributed by atoms with Gasteiger partial charge in [0.1, 0.15) is 5.82 Å². The molecule has 0 saturated carbocycles. The molecule has 126 valence electrons. The number of aryl methyl sites for hydroxylation is 2. The summed E-state index contributed by atoms with van der Waals surface area (Å²) in [6.45, 7) is 0.605. The van der Waals surface area contributed by atoms with E-state index in [1.54, 1.807) is 0 Å². The van der Waals surface area contributed by atoms with E-state index in [4.69, 9.17) is 0 Å². The highest BCUT2D eigenvalue weighted by Gasteiger charge is 2.08. The molecule has 0 unspecified atom stereocenters. The molecule has 6 heteroatoms. The van der Waals surface area contributed by atoms with Crippen molar-refractivity contribution in [3.8, 4) is 0 Å². The summed E-state index contributed by atoms with van der Waals surface area (Å²) in [5.74, 6) is 0.868. The summed E-state index contributed by atoms with van der Waals surface area (Å²) >= 11 is 0. The Bertz CT molecular complexity index is 1050. The number of rotatable bonds is 5. The molecule has 1 aromatic carbocycles. The van der Waals surface area contributed by atoms with Gasteiger partial charge in [0.25, 0.3) is 5.91 Å². The van der Waals surface area contributed by atoms with E-state index in [1.165, 1.54) is 0 Å². The number of carbonyl (C=O) groups excluding carboxylic acids is 1. The minimum Gasteiger partial charge on any atom is -0.352 e. The van der Waals surface area contributed by atoms with Crippen LogP contribution in [0.25, 0.3) is 16.6 Å². The maximum Gasteiger partial charge on any atom is 0.251 e. The Morgan fingerprint density at radius 1 is 1.12 bits per heavy atom. The number of nitrogens with zero attached hydrogens (tertiary/aromatic N) is 4. The highest BCUT2D eigenvalue weighted by molar-refractivity contribution is 5.98. The van der Waals surface area contributed by atoms with Crippen molar-refractivity contribution in [3.05, 3.63) is 66.2 Å². The van der Waals surface area contributed by atoms with Crippen molar-refractivity contribution in [2.24, 2.45) is 7.05 Å². The first-order chi connectivity index (χ1) is 12.2. The van der Waals surface area contributed by atoms with E-state index in [2.05, 4.69) is 15.5 Å². The summed E-state index contributed by atoms with van der Waals surface area (Å²) in [6.07, 6.45) is 5.53. The largest absolute Gasteiger partial charge is 0.352 e. The second kappa shape index (κ2) is 6.39. The third-order valence-corrected chi connectivity index (χ3v) is 4.39. The minimum atomic E-state index is -0.0446. The van der Waals surface area contributed by atoms with E-state index in [9.17, 15) is 4.79 Å². The standard InChI is InChI=1S/C19H19N5O/c1-23-12-9-14-13-15(7-8-16(14)23)19(25)20-10-4-6-18-22-21-17-5-2-3-11-24(17)18/h2-3,5,7-9,11-13H,4,6,10H2,1H3,(H,20,25). The van der Waals surface area contributed by atoms with E-state index in [0.717, 1.165) is 35.2 Å². The molecule has 1 amide bonds. The van der Waals surface area contributed by atoms with E-state index in [-0.39, 0.29) is 5.91 Å². The van der Waals surface area contributed by atoms with Crippen LogP contribution < -0.4 is 5.32 Å². The Labute approximate surface area is 145 Å². The zero-order valence-electron chi connectivity index (χ0n) is 14.0. The normalized spacial score (nSPS) is 11.2. The number of benzene rings is 1. The molecule has 0 aliphatic carbocycles. The molecule has 0 atom stereocenters. The fraction of sp³-hybridized carbons (Fsp3) is 0.211. The highest BCUT2D eigenvalue weighted by atomic mass is 16.1. The van der Waals surface area contributed by atoms with Gasteiger partial charge in [0.15, 0.2) is 5.65 Å². The molecule has 25 heavy (non-hydrogen) atoms. The van der Waals surface area contributed by atoms with E-state index in [0.29, 0.717) is 12.1 Å². The molecule has 4 aromatic rings. The van der Waals surface area contributed by atoms with E-state index in [1.807, 2.05) is 70.9 Å². The topological polar surface area (TPSA) is 64.2 Å². The van der Waals surface area contributed by atoms with Crippen molar-refractivity contribution >= 4 is 22.5 Å². The van der Waals surface area contributed by atoms with Crippen LogP contribution >= 0.6 is 0 Å². The van der Waals surface area contributed by atoms with Crippen LogP contribution in [0.3, 0.4) is 0 Å². The van der Waals surface area contributed by atoms with Crippen LogP contribution in [0.1, 0.15) is 22.6 Å².